The second-order valence-electron chi connectivity index (χ2n) is 9.42. The van der Waals surface area contributed by atoms with Crippen molar-refractivity contribution >= 4 is 0 Å². The molecule has 3 aliphatic carbocycles. The molecule has 0 amide bonds. The van der Waals surface area contributed by atoms with Crippen molar-refractivity contribution in [1.29, 1.82) is 0 Å². The summed E-state index contributed by atoms with van der Waals surface area (Å²) >= 11 is 0. The molecular weight excluding hydrogens is 272 g/mol. The first-order chi connectivity index (χ1) is 10.2. The van der Waals surface area contributed by atoms with Gasteiger partial charge in [-0.1, -0.05) is 33.3 Å². The fraction of sp³-hybridized carbons (Fsp3) is 0.900. The Hall–Kier alpha value is -0.340. The molecule has 3 saturated carbocycles. The lowest BCUT2D eigenvalue weighted by molar-refractivity contribution is -0.226. The molecule has 3 rings (SSSR count). The van der Waals surface area contributed by atoms with Crippen LogP contribution in [0.15, 0.2) is 12.7 Å². The second kappa shape index (κ2) is 5.08. The van der Waals surface area contributed by atoms with Gasteiger partial charge in [-0.3, -0.25) is 0 Å². The quantitative estimate of drug-likeness (QED) is 0.746. The number of hydrogen-bond acceptors (Lipinski definition) is 2. The summed E-state index contributed by atoms with van der Waals surface area (Å²) < 4.78 is 0. The van der Waals surface area contributed by atoms with Gasteiger partial charge in [-0.25, -0.2) is 0 Å². The molecule has 2 nitrogen and oxygen atoms in total. The first-order valence-corrected chi connectivity index (χ1v) is 9.20. The lowest BCUT2D eigenvalue weighted by atomic mass is 9.42. The van der Waals surface area contributed by atoms with E-state index in [0.717, 1.165) is 38.5 Å². The minimum atomic E-state index is -0.496. The summed E-state index contributed by atoms with van der Waals surface area (Å²) in [6.45, 7) is 11.2. The Kier molecular flexibility index (Phi) is 3.81. The summed E-state index contributed by atoms with van der Waals surface area (Å²) in [6, 6.07) is 0. The van der Waals surface area contributed by atoms with Gasteiger partial charge in [-0.2, -0.15) is 0 Å². The first-order valence-electron chi connectivity index (χ1n) is 9.20. The molecule has 0 heterocycles. The van der Waals surface area contributed by atoms with Crippen molar-refractivity contribution in [2.24, 2.45) is 28.1 Å². The van der Waals surface area contributed by atoms with Gasteiger partial charge in [0.05, 0.1) is 12.2 Å². The zero-order valence-corrected chi connectivity index (χ0v) is 14.7. The Bertz CT molecular complexity index is 457. The van der Waals surface area contributed by atoms with Crippen molar-refractivity contribution < 1.29 is 10.2 Å². The maximum atomic E-state index is 11.6. The Balaban J connectivity index is 1.93. The van der Waals surface area contributed by atoms with E-state index in [1.807, 2.05) is 6.08 Å². The van der Waals surface area contributed by atoms with Crippen LogP contribution in [0, 0.1) is 28.1 Å². The first kappa shape index (κ1) is 16.5. The van der Waals surface area contributed by atoms with Gasteiger partial charge in [0.1, 0.15) is 0 Å². The third kappa shape index (κ3) is 2.06. The van der Waals surface area contributed by atoms with Crippen molar-refractivity contribution in [3.63, 3.8) is 0 Å². The van der Waals surface area contributed by atoms with Gasteiger partial charge in [0.15, 0.2) is 0 Å². The van der Waals surface area contributed by atoms with Crippen molar-refractivity contribution in [3.8, 4) is 0 Å². The van der Waals surface area contributed by atoms with Gasteiger partial charge in [-0.15, -0.1) is 6.58 Å². The summed E-state index contributed by atoms with van der Waals surface area (Å²) in [6.07, 6.45) is 10.8. The monoisotopic (exact) mass is 306 g/mol. The standard InChI is InChI=1S/C20H34O2/c1-5-19(14-21)12-11-18(4)15(13-19)8-10-20(22)16(18)7-6-9-17(20,2)3/h5,15-16,21-22H,1,6-14H2,2-4H3/t15-,16+,18-,19+,20-/m0/s1. The van der Waals surface area contributed by atoms with E-state index >= 15 is 0 Å². The molecule has 0 aromatic carbocycles. The molecule has 0 radical (unpaired) electrons. The minimum Gasteiger partial charge on any atom is -0.395 e. The molecular formula is C20H34O2. The smallest absolute Gasteiger partial charge is 0.0731 e. The highest BCUT2D eigenvalue weighted by atomic mass is 16.3. The highest BCUT2D eigenvalue weighted by molar-refractivity contribution is 5.14. The van der Waals surface area contributed by atoms with Crippen LogP contribution in [0.1, 0.15) is 72.1 Å². The van der Waals surface area contributed by atoms with Gasteiger partial charge < -0.3 is 10.2 Å². The van der Waals surface area contributed by atoms with Gasteiger partial charge in [0.25, 0.3) is 0 Å². The Morgan fingerprint density at radius 1 is 1.09 bits per heavy atom. The van der Waals surface area contributed by atoms with E-state index in [4.69, 9.17) is 0 Å². The fourth-order valence-corrected chi connectivity index (χ4v) is 6.29. The molecule has 3 fully saturated rings. The molecule has 0 unspecified atom stereocenters. The molecule has 2 N–H and O–H groups in total. The second-order valence-corrected chi connectivity index (χ2v) is 9.42. The zero-order valence-electron chi connectivity index (χ0n) is 14.7. The third-order valence-electron chi connectivity index (χ3n) is 8.21. The maximum Gasteiger partial charge on any atom is 0.0731 e. The maximum absolute atomic E-state index is 11.6. The minimum absolute atomic E-state index is 0.0356. The molecule has 2 heteroatoms. The van der Waals surface area contributed by atoms with Gasteiger partial charge >= 0.3 is 0 Å². The normalized spacial score (nSPS) is 50.8. The van der Waals surface area contributed by atoms with Crippen molar-refractivity contribution in [2.75, 3.05) is 6.61 Å². The van der Waals surface area contributed by atoms with Crippen molar-refractivity contribution in [1.82, 2.24) is 0 Å². The van der Waals surface area contributed by atoms with E-state index < -0.39 is 5.60 Å². The van der Waals surface area contributed by atoms with E-state index in [0.29, 0.717) is 11.8 Å². The van der Waals surface area contributed by atoms with E-state index in [9.17, 15) is 10.2 Å². The Morgan fingerprint density at radius 3 is 2.45 bits per heavy atom. The molecule has 0 bridgehead atoms. The van der Waals surface area contributed by atoms with Crippen LogP contribution in [-0.4, -0.2) is 22.4 Å². The average Bonchev–Trinajstić information content (AvgIpc) is 2.49. The number of fused-ring (bicyclic) bond motifs is 3. The summed E-state index contributed by atoms with van der Waals surface area (Å²) in [5.74, 6) is 1.04. The Morgan fingerprint density at radius 2 is 1.82 bits per heavy atom. The largest absolute Gasteiger partial charge is 0.395 e. The van der Waals surface area contributed by atoms with Crippen LogP contribution in [-0.2, 0) is 0 Å². The molecule has 0 saturated heterocycles. The predicted molar refractivity (Wildman–Crippen MR) is 90.5 cm³/mol. The van der Waals surface area contributed by atoms with E-state index in [-0.39, 0.29) is 22.9 Å². The fourth-order valence-electron chi connectivity index (χ4n) is 6.29. The lowest BCUT2D eigenvalue weighted by Gasteiger charge is -2.65. The van der Waals surface area contributed by atoms with E-state index in [2.05, 4.69) is 27.4 Å². The number of aliphatic hydroxyl groups is 2. The summed E-state index contributed by atoms with van der Waals surface area (Å²) in [5.41, 5.74) is -0.312. The molecule has 3 aliphatic rings. The van der Waals surface area contributed by atoms with E-state index in [1.54, 1.807) is 0 Å². The highest BCUT2D eigenvalue weighted by Crippen LogP contribution is 2.66. The van der Waals surface area contributed by atoms with Crippen LogP contribution in [0.2, 0.25) is 0 Å². The molecule has 0 spiro atoms. The summed E-state index contributed by atoms with van der Waals surface area (Å²) in [5, 5.41) is 21.5. The SMILES string of the molecule is C=C[C@@]1(CO)CC[C@@]2(C)[C@@H](CC[C@]3(O)[C@@H]2CCCC3(C)C)C1. The van der Waals surface area contributed by atoms with Crippen molar-refractivity contribution in [2.45, 2.75) is 77.7 Å². The molecule has 0 aromatic rings. The lowest BCUT2D eigenvalue weighted by Crippen LogP contribution is -2.64. The number of rotatable bonds is 2. The van der Waals surface area contributed by atoms with Gasteiger partial charge in [0.2, 0.25) is 0 Å². The number of aliphatic hydroxyl groups excluding tert-OH is 1. The molecule has 5 atom stereocenters. The van der Waals surface area contributed by atoms with Gasteiger partial charge in [0, 0.05) is 5.41 Å². The third-order valence-corrected chi connectivity index (χ3v) is 8.21. The molecule has 0 aliphatic heterocycles. The average molecular weight is 306 g/mol. The molecule has 0 aromatic heterocycles. The predicted octanol–water partition coefficient (Wildman–Crippen LogP) is 4.31. The van der Waals surface area contributed by atoms with Crippen LogP contribution >= 0.6 is 0 Å². The van der Waals surface area contributed by atoms with Crippen LogP contribution in [0.3, 0.4) is 0 Å². The van der Waals surface area contributed by atoms with Crippen LogP contribution < -0.4 is 0 Å². The zero-order chi connectivity index (χ0) is 16.2. The molecule has 22 heavy (non-hydrogen) atoms. The van der Waals surface area contributed by atoms with Crippen LogP contribution in [0.25, 0.3) is 0 Å². The van der Waals surface area contributed by atoms with Crippen molar-refractivity contribution in [3.05, 3.63) is 12.7 Å². The van der Waals surface area contributed by atoms with Crippen LogP contribution in [0.4, 0.5) is 0 Å². The van der Waals surface area contributed by atoms with Gasteiger partial charge in [-0.05, 0) is 67.6 Å². The van der Waals surface area contributed by atoms with Crippen LogP contribution in [0.5, 0.6) is 0 Å². The number of hydrogen-bond donors (Lipinski definition) is 2. The highest BCUT2D eigenvalue weighted by Gasteiger charge is 2.63. The Labute approximate surface area is 136 Å². The van der Waals surface area contributed by atoms with E-state index in [1.165, 1.54) is 12.8 Å². The molecule has 126 valence electrons. The topological polar surface area (TPSA) is 40.5 Å². The summed E-state index contributed by atoms with van der Waals surface area (Å²) in [7, 11) is 0. The summed E-state index contributed by atoms with van der Waals surface area (Å²) in [4.78, 5) is 0.